The average molecular weight is 490 g/mol. The van der Waals surface area contributed by atoms with Crippen LogP contribution in [-0.4, -0.2) is 28.6 Å². The molecule has 1 aromatic heterocycles. The minimum Gasteiger partial charge on any atom is -0.493 e. The number of aromatic nitrogens is 2. The van der Waals surface area contributed by atoms with Crippen LogP contribution < -0.4 is 10.1 Å². The molecule has 1 aliphatic carbocycles. The van der Waals surface area contributed by atoms with Crippen molar-refractivity contribution in [1.29, 1.82) is 0 Å². The molecule has 2 aromatic carbocycles. The molecule has 0 radical (unpaired) electrons. The lowest BCUT2D eigenvalue weighted by atomic mass is 9.89. The summed E-state index contributed by atoms with van der Waals surface area (Å²) in [6.07, 6.45) is 9.57. The van der Waals surface area contributed by atoms with Crippen molar-refractivity contribution in [3.8, 4) is 5.75 Å². The van der Waals surface area contributed by atoms with Crippen LogP contribution in [0.25, 0.3) is 11.0 Å². The highest BCUT2D eigenvalue weighted by atomic mass is 16.5. The molecule has 194 valence electrons. The number of nitrogens with one attached hydrogen (secondary N) is 1. The maximum atomic E-state index is 12.5. The lowest BCUT2D eigenvalue weighted by molar-refractivity contribution is -0.125. The second kappa shape index (κ2) is 12.9. The van der Waals surface area contributed by atoms with Crippen LogP contribution in [0, 0.1) is 12.8 Å². The Balaban J connectivity index is 1.28. The Kier molecular flexibility index (Phi) is 9.43. The lowest BCUT2D eigenvalue weighted by Gasteiger charge is -2.20. The van der Waals surface area contributed by atoms with E-state index in [0.29, 0.717) is 5.92 Å². The van der Waals surface area contributed by atoms with Gasteiger partial charge in [-0.1, -0.05) is 57.4 Å². The van der Waals surface area contributed by atoms with E-state index in [1.807, 2.05) is 0 Å². The topological polar surface area (TPSA) is 56.1 Å². The van der Waals surface area contributed by atoms with Crippen molar-refractivity contribution in [3.63, 3.8) is 0 Å². The van der Waals surface area contributed by atoms with E-state index in [0.717, 1.165) is 75.3 Å². The number of ether oxygens (including phenoxy) is 1. The van der Waals surface area contributed by atoms with E-state index < -0.39 is 0 Å². The molecule has 36 heavy (non-hydrogen) atoms. The first-order valence-corrected chi connectivity index (χ1v) is 14.0. The number of aryl methyl sites for hydroxylation is 3. The minimum atomic E-state index is 0.224. The Morgan fingerprint density at radius 1 is 1.08 bits per heavy atom. The predicted molar refractivity (Wildman–Crippen MR) is 148 cm³/mol. The molecule has 0 aliphatic heterocycles. The third kappa shape index (κ3) is 6.89. The third-order valence-electron chi connectivity index (χ3n) is 7.41. The van der Waals surface area contributed by atoms with Crippen LogP contribution in [0.3, 0.4) is 0 Å². The van der Waals surface area contributed by atoms with Gasteiger partial charge in [-0.15, -0.1) is 0 Å². The van der Waals surface area contributed by atoms with Gasteiger partial charge in [0.2, 0.25) is 5.91 Å². The number of nitrogens with zero attached hydrogens (tertiary/aromatic N) is 2. The monoisotopic (exact) mass is 489 g/mol. The Labute approximate surface area is 216 Å². The van der Waals surface area contributed by atoms with Crippen molar-refractivity contribution in [3.05, 3.63) is 59.4 Å². The number of carbonyl (C=O) groups is 1. The number of rotatable bonds is 12. The highest BCUT2D eigenvalue weighted by Crippen LogP contribution is 2.28. The van der Waals surface area contributed by atoms with Gasteiger partial charge >= 0.3 is 0 Å². The van der Waals surface area contributed by atoms with Crippen LogP contribution >= 0.6 is 0 Å². The Morgan fingerprint density at radius 3 is 2.69 bits per heavy atom. The molecule has 3 aromatic rings. The van der Waals surface area contributed by atoms with E-state index in [1.54, 1.807) is 0 Å². The van der Waals surface area contributed by atoms with Crippen LogP contribution in [0.5, 0.6) is 5.75 Å². The number of fused-ring (bicyclic) bond motifs is 1. The molecular weight excluding hydrogens is 446 g/mol. The van der Waals surface area contributed by atoms with E-state index in [4.69, 9.17) is 9.72 Å². The normalized spacial score (nSPS) is 14.4. The predicted octanol–water partition coefficient (Wildman–Crippen LogP) is 6.96. The van der Waals surface area contributed by atoms with Crippen molar-refractivity contribution in [1.82, 2.24) is 14.9 Å². The number of hydrogen-bond acceptors (Lipinski definition) is 3. The summed E-state index contributed by atoms with van der Waals surface area (Å²) < 4.78 is 8.57. The largest absolute Gasteiger partial charge is 0.493 e. The third-order valence-corrected chi connectivity index (χ3v) is 7.41. The summed E-state index contributed by atoms with van der Waals surface area (Å²) in [4.78, 5) is 17.4. The molecule has 1 heterocycles. The summed E-state index contributed by atoms with van der Waals surface area (Å²) in [5.74, 6) is 3.06. The molecule has 1 N–H and O–H groups in total. The fraction of sp³-hybridized carbons (Fsp3) is 0.548. The van der Waals surface area contributed by atoms with Gasteiger partial charge < -0.3 is 14.6 Å². The molecule has 1 fully saturated rings. The van der Waals surface area contributed by atoms with Crippen LogP contribution in [0.2, 0.25) is 0 Å². The van der Waals surface area contributed by atoms with E-state index >= 15 is 0 Å². The van der Waals surface area contributed by atoms with Crippen LogP contribution in [-0.2, 0) is 17.8 Å². The van der Waals surface area contributed by atoms with Crippen molar-refractivity contribution >= 4 is 16.9 Å². The van der Waals surface area contributed by atoms with E-state index in [9.17, 15) is 4.79 Å². The molecule has 5 nitrogen and oxygen atoms in total. The van der Waals surface area contributed by atoms with Gasteiger partial charge in [0, 0.05) is 25.4 Å². The van der Waals surface area contributed by atoms with E-state index in [1.165, 1.54) is 35.9 Å². The Hall–Kier alpha value is -2.82. The number of unbranched alkanes of at least 4 members (excludes halogenated alkanes) is 1. The summed E-state index contributed by atoms with van der Waals surface area (Å²) in [6, 6.07) is 14.9. The first-order valence-electron chi connectivity index (χ1n) is 14.0. The Bertz CT molecular complexity index is 1130. The summed E-state index contributed by atoms with van der Waals surface area (Å²) in [7, 11) is 0. The SMILES string of the molecule is Cc1ccc(C(C)C)c(OCCCCn2c(CCCNC(=O)C3CCCCC3)nc3ccccc32)c1. The molecule has 0 bridgehead atoms. The van der Waals surface area contributed by atoms with Gasteiger partial charge in [-0.2, -0.15) is 0 Å². The average Bonchev–Trinajstić information content (AvgIpc) is 3.24. The number of carbonyl (C=O) groups excluding carboxylic acids is 1. The number of amides is 1. The number of imidazole rings is 1. The van der Waals surface area contributed by atoms with Gasteiger partial charge in [-0.25, -0.2) is 4.98 Å². The molecule has 1 saturated carbocycles. The molecule has 0 atom stereocenters. The van der Waals surface area contributed by atoms with Crippen molar-refractivity contribution in [2.45, 2.75) is 91.0 Å². The van der Waals surface area contributed by atoms with Gasteiger partial charge in [-0.05, 0) is 74.3 Å². The van der Waals surface area contributed by atoms with Crippen molar-refractivity contribution in [2.75, 3.05) is 13.2 Å². The first kappa shape index (κ1) is 26.2. The van der Waals surface area contributed by atoms with Crippen LogP contribution in [0.1, 0.15) is 88.1 Å². The zero-order valence-electron chi connectivity index (χ0n) is 22.4. The summed E-state index contributed by atoms with van der Waals surface area (Å²) in [5.41, 5.74) is 4.76. The second-order valence-corrected chi connectivity index (χ2v) is 10.6. The molecule has 1 aliphatic rings. The van der Waals surface area contributed by atoms with Gasteiger partial charge in [0.05, 0.1) is 17.6 Å². The fourth-order valence-electron chi connectivity index (χ4n) is 5.33. The smallest absolute Gasteiger partial charge is 0.223 e. The Morgan fingerprint density at radius 2 is 1.89 bits per heavy atom. The van der Waals surface area contributed by atoms with E-state index in [-0.39, 0.29) is 11.8 Å². The highest BCUT2D eigenvalue weighted by molar-refractivity contribution is 5.78. The van der Waals surface area contributed by atoms with Crippen LogP contribution in [0.15, 0.2) is 42.5 Å². The van der Waals surface area contributed by atoms with Gasteiger partial charge in [0.1, 0.15) is 11.6 Å². The summed E-state index contributed by atoms with van der Waals surface area (Å²) in [5, 5.41) is 3.18. The van der Waals surface area contributed by atoms with Gasteiger partial charge in [-0.3, -0.25) is 4.79 Å². The summed E-state index contributed by atoms with van der Waals surface area (Å²) >= 11 is 0. The van der Waals surface area contributed by atoms with Crippen LogP contribution in [0.4, 0.5) is 0 Å². The minimum absolute atomic E-state index is 0.224. The maximum absolute atomic E-state index is 12.5. The quantitative estimate of drug-likeness (QED) is 0.280. The highest BCUT2D eigenvalue weighted by Gasteiger charge is 2.20. The zero-order chi connectivity index (χ0) is 25.3. The molecule has 5 heteroatoms. The number of benzene rings is 2. The standard InChI is InChI=1S/C31H43N3O2/c1-23(2)26-18-17-24(3)22-29(26)36-21-10-9-20-34-28-15-8-7-14-27(28)33-30(34)16-11-19-32-31(35)25-12-5-4-6-13-25/h7-8,14-15,17-18,22-23,25H,4-6,9-13,16,19-21H2,1-3H3,(H,32,35). The lowest BCUT2D eigenvalue weighted by Crippen LogP contribution is -2.32. The molecule has 1 amide bonds. The van der Waals surface area contributed by atoms with Gasteiger partial charge in [0.25, 0.3) is 0 Å². The fourth-order valence-corrected chi connectivity index (χ4v) is 5.33. The van der Waals surface area contributed by atoms with Crippen molar-refractivity contribution < 1.29 is 9.53 Å². The molecular formula is C31H43N3O2. The first-order chi connectivity index (χ1) is 17.5. The number of para-hydroxylation sites is 2. The molecule has 4 rings (SSSR count). The number of hydrogen-bond donors (Lipinski definition) is 1. The van der Waals surface area contributed by atoms with E-state index in [2.05, 4.69) is 73.1 Å². The maximum Gasteiger partial charge on any atom is 0.223 e. The molecule has 0 spiro atoms. The second-order valence-electron chi connectivity index (χ2n) is 10.6. The van der Waals surface area contributed by atoms with Crippen molar-refractivity contribution in [2.24, 2.45) is 5.92 Å². The molecule has 0 saturated heterocycles. The summed E-state index contributed by atoms with van der Waals surface area (Å²) in [6.45, 7) is 8.91. The zero-order valence-corrected chi connectivity index (χ0v) is 22.4. The molecule has 0 unspecified atom stereocenters. The van der Waals surface area contributed by atoms with Gasteiger partial charge in [0.15, 0.2) is 0 Å².